The molecule has 0 unspecified atom stereocenters. The predicted molar refractivity (Wildman–Crippen MR) is 390 cm³/mol. The largest absolute Gasteiger partial charge is 0.385 e. The molecule has 7 aromatic carbocycles. The summed E-state index contributed by atoms with van der Waals surface area (Å²) in [5.41, 5.74) is 23.1. The Balaban J connectivity index is 0.000000136. The average molecular weight is 1210 g/mol. The van der Waals surface area contributed by atoms with Crippen LogP contribution in [0.3, 0.4) is 0 Å². The zero-order chi connectivity index (χ0) is 64.1. The second-order valence-corrected chi connectivity index (χ2v) is 26.6. The van der Waals surface area contributed by atoms with Gasteiger partial charge in [-0.15, -0.1) is 11.3 Å². The Hall–Kier alpha value is -8.17. The minimum Gasteiger partial charge on any atom is -0.385 e. The SMILES string of the molecule is CC(C)c1ccc2c(c1)CCCN2.CC(C)c1ccc2c(c1)CCNC2.CC(C)c1ccc2cccnc2c1.CC(C)c1ccc2ncccc2c1.CC(C)c1cccc2cccnc12.CC(C)c1cccc2ncccc12.CC(C)c1cccc2ncsc12. The number of fused-ring (bicyclic) bond motifs is 7. The lowest BCUT2D eigenvalue weighted by molar-refractivity contribution is 0.642. The van der Waals surface area contributed by atoms with Crippen LogP contribution in [0.2, 0.25) is 0 Å². The first kappa shape index (κ1) is 67.8. The molecule has 0 amide bonds. The topological polar surface area (TPSA) is 88.5 Å². The van der Waals surface area contributed by atoms with E-state index in [0.29, 0.717) is 41.4 Å². The van der Waals surface area contributed by atoms with Gasteiger partial charge in [0.05, 0.1) is 37.8 Å². The van der Waals surface area contributed by atoms with Crippen LogP contribution in [-0.2, 0) is 19.4 Å². The summed E-state index contributed by atoms with van der Waals surface area (Å²) in [6.45, 7) is 34.4. The summed E-state index contributed by atoms with van der Waals surface area (Å²) in [5, 5.41) is 11.8. The van der Waals surface area contributed by atoms with Crippen molar-refractivity contribution in [1.82, 2.24) is 30.2 Å². The molecule has 2 aliphatic heterocycles. The number of anilines is 1. The summed E-state index contributed by atoms with van der Waals surface area (Å²) in [7, 11) is 0. The second-order valence-electron chi connectivity index (χ2n) is 25.8. The Labute approximate surface area is 542 Å². The molecule has 0 spiro atoms. The Kier molecular flexibility index (Phi) is 25.3. The predicted octanol–water partition coefficient (Wildman–Crippen LogP) is 22.5. The van der Waals surface area contributed by atoms with Gasteiger partial charge in [-0.1, -0.05) is 212 Å². The summed E-state index contributed by atoms with van der Waals surface area (Å²) < 4.78 is 1.34. The third-order valence-corrected chi connectivity index (χ3v) is 17.6. The van der Waals surface area contributed by atoms with E-state index < -0.39 is 0 Å². The highest BCUT2D eigenvalue weighted by atomic mass is 32.1. The van der Waals surface area contributed by atoms with Gasteiger partial charge in [0.1, 0.15) is 0 Å². The van der Waals surface area contributed by atoms with Crippen molar-refractivity contribution in [2.24, 2.45) is 0 Å². The van der Waals surface area contributed by atoms with E-state index in [1.807, 2.05) is 54.6 Å². The number of pyridine rings is 4. The Morgan fingerprint density at radius 1 is 0.356 bits per heavy atom. The number of aryl methyl sites for hydroxylation is 1. The average Bonchev–Trinajstić information content (AvgIpc) is 2.41. The van der Waals surface area contributed by atoms with Crippen molar-refractivity contribution in [3.63, 3.8) is 0 Å². The van der Waals surface area contributed by atoms with Gasteiger partial charge in [0.2, 0.25) is 0 Å². The Morgan fingerprint density at radius 3 is 1.59 bits per heavy atom. The van der Waals surface area contributed by atoms with Crippen molar-refractivity contribution in [1.29, 1.82) is 0 Å². The fourth-order valence-electron chi connectivity index (χ4n) is 11.2. The highest BCUT2D eigenvalue weighted by molar-refractivity contribution is 7.17. The fraction of sp³-hybridized carbons (Fsp3) is 0.329. The monoisotopic (exact) mass is 1210 g/mol. The van der Waals surface area contributed by atoms with E-state index >= 15 is 0 Å². The van der Waals surface area contributed by atoms with Crippen LogP contribution < -0.4 is 10.6 Å². The van der Waals surface area contributed by atoms with Crippen LogP contribution in [0.5, 0.6) is 0 Å². The van der Waals surface area contributed by atoms with Crippen molar-refractivity contribution >= 4 is 70.9 Å². The van der Waals surface area contributed by atoms with Crippen molar-refractivity contribution in [2.75, 3.05) is 18.4 Å². The van der Waals surface area contributed by atoms with E-state index in [1.165, 1.54) is 101 Å². The summed E-state index contributed by atoms with van der Waals surface area (Å²) in [5.74, 6) is 4.16. The van der Waals surface area contributed by atoms with Crippen LogP contribution >= 0.6 is 11.3 Å². The molecule has 0 bridgehead atoms. The minimum atomic E-state index is 0.540. The second kappa shape index (κ2) is 33.6. The van der Waals surface area contributed by atoms with E-state index in [0.717, 1.165) is 47.2 Å². The van der Waals surface area contributed by atoms with E-state index in [1.54, 1.807) is 16.9 Å². The van der Waals surface area contributed by atoms with Crippen molar-refractivity contribution in [3.8, 4) is 0 Å². The third-order valence-electron chi connectivity index (χ3n) is 16.7. The number of thiazole rings is 1. The van der Waals surface area contributed by atoms with Gasteiger partial charge < -0.3 is 10.6 Å². The highest BCUT2D eigenvalue weighted by Gasteiger charge is 2.12. The number of nitrogens with zero attached hydrogens (tertiary/aromatic N) is 5. The number of hydrogen-bond donors (Lipinski definition) is 2. The molecule has 5 aromatic heterocycles. The molecule has 12 aromatic rings. The first-order valence-corrected chi connectivity index (χ1v) is 33.7. The van der Waals surface area contributed by atoms with Crippen LogP contribution in [0.1, 0.15) is 200 Å². The molecule has 90 heavy (non-hydrogen) atoms. The smallest absolute Gasteiger partial charge is 0.0814 e. The molecule has 0 aliphatic carbocycles. The number of benzene rings is 7. The molecule has 466 valence electrons. The lowest BCUT2D eigenvalue weighted by Gasteiger charge is -2.19. The zero-order valence-corrected chi connectivity index (χ0v) is 56.9. The van der Waals surface area contributed by atoms with Crippen molar-refractivity contribution in [3.05, 3.63) is 262 Å². The molecule has 8 heteroatoms. The number of rotatable bonds is 7. The third kappa shape index (κ3) is 18.9. The van der Waals surface area contributed by atoms with Gasteiger partial charge in [0.15, 0.2) is 0 Å². The maximum Gasteiger partial charge on any atom is 0.0814 e. The van der Waals surface area contributed by atoms with Crippen LogP contribution in [0, 0.1) is 0 Å². The molecule has 0 saturated heterocycles. The van der Waals surface area contributed by atoms with Crippen molar-refractivity contribution < 1.29 is 0 Å². The van der Waals surface area contributed by atoms with Gasteiger partial charge in [-0.2, -0.15) is 0 Å². The van der Waals surface area contributed by atoms with Crippen LogP contribution in [0.25, 0.3) is 53.8 Å². The minimum absolute atomic E-state index is 0.540. The molecule has 2 aliphatic rings. The number of hydrogen-bond acceptors (Lipinski definition) is 8. The van der Waals surface area contributed by atoms with Gasteiger partial charge in [0, 0.05) is 65.1 Å². The molecule has 7 nitrogen and oxygen atoms in total. The first-order chi connectivity index (χ1) is 43.4. The highest BCUT2D eigenvalue weighted by Crippen LogP contribution is 2.30. The molecular formula is C82H97N7S. The summed E-state index contributed by atoms with van der Waals surface area (Å²) in [6.07, 6.45) is 11.1. The maximum absolute atomic E-state index is 4.40. The molecule has 0 radical (unpaired) electrons. The molecule has 0 saturated carbocycles. The standard InChI is InChI=1S/2C12H13N.2C12H17N.2C12H13N.C10H11NS/c1-9(2)10-5-3-7-12-11(10)6-4-8-13-12;1-9(2)11-7-3-5-10-6-4-8-13-12(10)11;1-9(2)10-3-4-12-8-13-6-5-11(12)7-10;2*1-9(2)10-5-6-12-11(8-10)4-3-7-13-12;1-9(2)11-6-5-10-4-3-7-13-12(10)8-11;1-7(2)8-4-3-5-9-10(8)12-6-11-9/h2*3-9H,1-2H3;3-4,7,9,13H,5-6,8H2,1-2H3;5-6,8-9,13H,3-4,7H2,1-2H3;2*3-9H,1-2H3;3-7H,1-2H3. The summed E-state index contributed by atoms with van der Waals surface area (Å²) >= 11 is 1.73. The van der Waals surface area contributed by atoms with Crippen LogP contribution in [-0.4, -0.2) is 38.0 Å². The van der Waals surface area contributed by atoms with E-state index in [2.05, 4.69) is 284 Å². The number of aromatic nitrogens is 5. The molecule has 7 heterocycles. The van der Waals surface area contributed by atoms with Crippen LogP contribution in [0.15, 0.2) is 206 Å². The zero-order valence-electron chi connectivity index (χ0n) is 56.1. The summed E-state index contributed by atoms with van der Waals surface area (Å²) in [6, 6.07) is 62.0. The van der Waals surface area contributed by atoms with E-state index in [4.69, 9.17) is 0 Å². The van der Waals surface area contributed by atoms with Gasteiger partial charge in [-0.3, -0.25) is 19.9 Å². The van der Waals surface area contributed by atoms with Gasteiger partial charge in [-0.25, -0.2) is 4.98 Å². The van der Waals surface area contributed by atoms with Gasteiger partial charge in [0.25, 0.3) is 0 Å². The summed E-state index contributed by atoms with van der Waals surface area (Å²) in [4.78, 5) is 21.6. The molecule has 0 fully saturated rings. The lowest BCUT2D eigenvalue weighted by atomic mass is 9.94. The maximum atomic E-state index is 4.40. The van der Waals surface area contributed by atoms with E-state index in [9.17, 15) is 0 Å². The molecule has 0 atom stereocenters. The quantitative estimate of drug-likeness (QED) is 0.164. The first-order valence-electron chi connectivity index (χ1n) is 32.8. The number of para-hydroxylation sites is 1. The normalized spacial score (nSPS) is 12.4. The number of nitrogens with one attached hydrogen (secondary N) is 2. The van der Waals surface area contributed by atoms with Gasteiger partial charge in [-0.05, 0) is 184 Å². The molecule has 2 N–H and O–H groups in total. The van der Waals surface area contributed by atoms with Crippen LogP contribution in [0.4, 0.5) is 5.69 Å². The molecular weight excluding hydrogens is 1120 g/mol. The lowest BCUT2D eigenvalue weighted by Crippen LogP contribution is -2.23. The van der Waals surface area contributed by atoms with Gasteiger partial charge >= 0.3 is 0 Å². The molecule has 14 rings (SSSR count). The van der Waals surface area contributed by atoms with E-state index in [-0.39, 0.29) is 0 Å². The Morgan fingerprint density at radius 2 is 0.889 bits per heavy atom. The Bertz CT molecular complexity index is 3920. The fourth-order valence-corrected chi connectivity index (χ4v) is 12.1. The van der Waals surface area contributed by atoms with Crippen molar-refractivity contribution in [2.45, 2.75) is 164 Å².